The fourth-order valence-electron chi connectivity index (χ4n) is 1.05. The molecule has 15 heavy (non-hydrogen) atoms. The predicted octanol–water partition coefficient (Wildman–Crippen LogP) is -0.813. The van der Waals surface area contributed by atoms with Gasteiger partial charge in [-0.2, -0.15) is 0 Å². The SMILES string of the molecule is CCC(CNC(=O)C(CN)OC)C(=O)O. The minimum Gasteiger partial charge on any atom is -0.481 e. The number of carboxylic acids is 1. The van der Waals surface area contributed by atoms with Gasteiger partial charge < -0.3 is 20.9 Å². The largest absolute Gasteiger partial charge is 0.481 e. The maximum Gasteiger partial charge on any atom is 0.308 e. The fraction of sp³-hybridized carbons (Fsp3) is 0.778. The van der Waals surface area contributed by atoms with E-state index in [2.05, 4.69) is 5.32 Å². The van der Waals surface area contributed by atoms with Crippen molar-refractivity contribution in [1.29, 1.82) is 0 Å². The molecule has 0 aromatic carbocycles. The van der Waals surface area contributed by atoms with Crippen LogP contribution in [0.25, 0.3) is 0 Å². The lowest BCUT2D eigenvalue weighted by Gasteiger charge is -2.15. The van der Waals surface area contributed by atoms with Gasteiger partial charge in [0.05, 0.1) is 5.92 Å². The molecule has 0 saturated carbocycles. The average Bonchev–Trinajstić information content (AvgIpc) is 2.20. The Morgan fingerprint density at radius 1 is 1.53 bits per heavy atom. The van der Waals surface area contributed by atoms with Crippen LogP contribution in [0.2, 0.25) is 0 Å². The molecule has 0 aromatic heterocycles. The topological polar surface area (TPSA) is 102 Å². The molecule has 0 radical (unpaired) electrons. The van der Waals surface area contributed by atoms with Crippen molar-refractivity contribution >= 4 is 11.9 Å². The number of amides is 1. The number of hydrogen-bond donors (Lipinski definition) is 3. The highest BCUT2D eigenvalue weighted by Gasteiger charge is 2.19. The standard InChI is InChI=1S/C9H18N2O4/c1-3-6(9(13)14)5-11-8(12)7(4-10)15-2/h6-7H,3-5,10H2,1-2H3,(H,11,12)(H,13,14). The molecule has 2 unspecified atom stereocenters. The Hall–Kier alpha value is -1.14. The molecule has 4 N–H and O–H groups in total. The summed E-state index contributed by atoms with van der Waals surface area (Å²) in [5.41, 5.74) is 5.28. The van der Waals surface area contributed by atoms with Gasteiger partial charge in [0.15, 0.2) is 0 Å². The summed E-state index contributed by atoms with van der Waals surface area (Å²) in [4.78, 5) is 22.0. The predicted molar refractivity (Wildman–Crippen MR) is 54.3 cm³/mol. The minimum absolute atomic E-state index is 0.0756. The van der Waals surface area contributed by atoms with E-state index in [1.54, 1.807) is 6.92 Å². The summed E-state index contributed by atoms with van der Waals surface area (Å²) in [6.45, 7) is 1.93. The lowest BCUT2D eigenvalue weighted by Crippen LogP contribution is -2.43. The molecular weight excluding hydrogens is 200 g/mol. The van der Waals surface area contributed by atoms with Gasteiger partial charge in [-0.15, -0.1) is 0 Å². The molecule has 6 heteroatoms. The number of nitrogens with two attached hydrogens (primary N) is 1. The van der Waals surface area contributed by atoms with Crippen LogP contribution in [0.4, 0.5) is 0 Å². The molecular formula is C9H18N2O4. The summed E-state index contributed by atoms with van der Waals surface area (Å²) in [6.07, 6.45) is -0.244. The van der Waals surface area contributed by atoms with Gasteiger partial charge in [0.2, 0.25) is 5.91 Å². The summed E-state index contributed by atoms with van der Waals surface area (Å²) in [7, 11) is 1.38. The number of nitrogens with one attached hydrogen (secondary N) is 1. The highest BCUT2D eigenvalue weighted by atomic mass is 16.5. The molecule has 88 valence electrons. The van der Waals surface area contributed by atoms with Gasteiger partial charge in [-0.05, 0) is 6.42 Å². The van der Waals surface area contributed by atoms with Crippen molar-refractivity contribution in [3.05, 3.63) is 0 Å². The van der Waals surface area contributed by atoms with E-state index in [-0.39, 0.29) is 19.0 Å². The number of carbonyl (C=O) groups is 2. The second kappa shape index (κ2) is 7.19. The van der Waals surface area contributed by atoms with Crippen LogP contribution in [0, 0.1) is 5.92 Å². The van der Waals surface area contributed by atoms with Crippen LogP contribution < -0.4 is 11.1 Å². The maximum atomic E-state index is 11.3. The Labute approximate surface area is 88.8 Å². The molecule has 1 amide bonds. The zero-order valence-electron chi connectivity index (χ0n) is 9.03. The summed E-state index contributed by atoms with van der Waals surface area (Å²) < 4.78 is 4.80. The second-order valence-electron chi connectivity index (χ2n) is 3.15. The normalized spacial score (nSPS) is 14.3. The monoisotopic (exact) mass is 218 g/mol. The first kappa shape index (κ1) is 13.9. The van der Waals surface area contributed by atoms with Crippen molar-refractivity contribution in [2.24, 2.45) is 11.7 Å². The molecule has 0 aliphatic carbocycles. The van der Waals surface area contributed by atoms with Gasteiger partial charge in [-0.3, -0.25) is 9.59 Å². The molecule has 0 bridgehead atoms. The lowest BCUT2D eigenvalue weighted by atomic mass is 10.1. The van der Waals surface area contributed by atoms with Crippen molar-refractivity contribution in [2.45, 2.75) is 19.4 Å². The first-order valence-corrected chi connectivity index (χ1v) is 4.80. The fourth-order valence-corrected chi connectivity index (χ4v) is 1.05. The number of carboxylic acid groups (broad SMARTS) is 1. The Kier molecular flexibility index (Phi) is 6.64. The average molecular weight is 218 g/mol. The molecule has 6 nitrogen and oxygen atoms in total. The van der Waals surface area contributed by atoms with E-state index in [1.165, 1.54) is 7.11 Å². The summed E-state index contributed by atoms with van der Waals surface area (Å²) in [5, 5.41) is 11.2. The first-order chi connectivity index (χ1) is 7.06. The highest BCUT2D eigenvalue weighted by Crippen LogP contribution is 2.00. The number of aliphatic carboxylic acids is 1. The molecule has 2 atom stereocenters. The molecule has 0 rings (SSSR count). The third-order valence-electron chi connectivity index (χ3n) is 2.16. The Balaban J connectivity index is 4.02. The van der Waals surface area contributed by atoms with Gasteiger partial charge in [-0.25, -0.2) is 0 Å². The second-order valence-corrected chi connectivity index (χ2v) is 3.15. The van der Waals surface area contributed by atoms with E-state index in [1.807, 2.05) is 0 Å². The number of methoxy groups -OCH3 is 1. The molecule has 0 heterocycles. The van der Waals surface area contributed by atoms with E-state index in [0.29, 0.717) is 6.42 Å². The highest BCUT2D eigenvalue weighted by molar-refractivity contribution is 5.81. The quantitative estimate of drug-likeness (QED) is 0.518. The van der Waals surface area contributed by atoms with Crippen LogP contribution in [0.5, 0.6) is 0 Å². The third-order valence-corrected chi connectivity index (χ3v) is 2.16. The van der Waals surface area contributed by atoms with Crippen LogP contribution in [0.15, 0.2) is 0 Å². The third kappa shape index (κ3) is 4.75. The van der Waals surface area contributed by atoms with E-state index < -0.39 is 18.0 Å². The molecule has 0 fully saturated rings. The summed E-state index contributed by atoms with van der Waals surface area (Å²) >= 11 is 0. The van der Waals surface area contributed by atoms with Gasteiger partial charge >= 0.3 is 5.97 Å². The molecule has 0 aliphatic rings. The van der Waals surface area contributed by atoms with Crippen LogP contribution in [0.3, 0.4) is 0 Å². The Morgan fingerprint density at radius 3 is 2.47 bits per heavy atom. The van der Waals surface area contributed by atoms with Crippen molar-refractivity contribution in [1.82, 2.24) is 5.32 Å². The van der Waals surface area contributed by atoms with Gasteiger partial charge in [0, 0.05) is 20.2 Å². The van der Waals surface area contributed by atoms with E-state index in [4.69, 9.17) is 15.6 Å². The molecule has 0 saturated heterocycles. The van der Waals surface area contributed by atoms with Crippen molar-refractivity contribution in [2.75, 3.05) is 20.2 Å². The van der Waals surface area contributed by atoms with E-state index in [9.17, 15) is 9.59 Å². The van der Waals surface area contributed by atoms with Crippen LogP contribution in [-0.2, 0) is 14.3 Å². The Morgan fingerprint density at radius 2 is 2.13 bits per heavy atom. The van der Waals surface area contributed by atoms with Gasteiger partial charge in [-0.1, -0.05) is 6.92 Å². The number of rotatable bonds is 7. The van der Waals surface area contributed by atoms with Crippen LogP contribution >= 0.6 is 0 Å². The molecule has 0 aliphatic heterocycles. The number of hydrogen-bond acceptors (Lipinski definition) is 4. The first-order valence-electron chi connectivity index (χ1n) is 4.80. The van der Waals surface area contributed by atoms with Crippen LogP contribution in [-0.4, -0.2) is 43.3 Å². The van der Waals surface area contributed by atoms with Crippen LogP contribution in [0.1, 0.15) is 13.3 Å². The summed E-state index contributed by atoms with van der Waals surface area (Å²) in [5.74, 6) is -1.86. The zero-order valence-corrected chi connectivity index (χ0v) is 9.03. The minimum atomic E-state index is -0.917. The number of ether oxygens (including phenoxy) is 1. The van der Waals surface area contributed by atoms with Crippen molar-refractivity contribution in [3.63, 3.8) is 0 Å². The smallest absolute Gasteiger partial charge is 0.308 e. The maximum absolute atomic E-state index is 11.3. The number of carbonyl (C=O) groups excluding carboxylic acids is 1. The van der Waals surface area contributed by atoms with E-state index >= 15 is 0 Å². The molecule has 0 spiro atoms. The van der Waals surface area contributed by atoms with Gasteiger partial charge in [0.1, 0.15) is 6.10 Å². The van der Waals surface area contributed by atoms with E-state index in [0.717, 1.165) is 0 Å². The van der Waals surface area contributed by atoms with Crippen molar-refractivity contribution < 1.29 is 19.4 Å². The lowest BCUT2D eigenvalue weighted by molar-refractivity contribution is -0.142. The molecule has 0 aromatic rings. The zero-order chi connectivity index (χ0) is 11.8. The van der Waals surface area contributed by atoms with Gasteiger partial charge in [0.25, 0.3) is 0 Å². The summed E-state index contributed by atoms with van der Waals surface area (Å²) in [6, 6.07) is 0. The Bertz CT molecular complexity index is 216. The van der Waals surface area contributed by atoms with Crippen molar-refractivity contribution in [3.8, 4) is 0 Å².